The van der Waals surface area contributed by atoms with Gasteiger partial charge in [0, 0.05) is 18.6 Å². The molecule has 0 aliphatic carbocycles. The van der Waals surface area contributed by atoms with Crippen LogP contribution >= 0.6 is 0 Å². The van der Waals surface area contributed by atoms with E-state index < -0.39 is 36.4 Å². The lowest BCUT2D eigenvalue weighted by Crippen LogP contribution is -2.14. The number of carbonyl (C=O) groups is 6. The monoisotopic (exact) mass is 873 g/mol. The van der Waals surface area contributed by atoms with E-state index in [4.69, 9.17) is 42.6 Å². The molecular formula is C45H51N3O15. The molecule has 1 aromatic carbocycles. The van der Waals surface area contributed by atoms with Gasteiger partial charge in [-0.2, -0.15) is 0 Å². The summed E-state index contributed by atoms with van der Waals surface area (Å²) in [6.07, 6.45) is 13.8. The molecule has 0 saturated carbocycles. The maximum absolute atomic E-state index is 13.1. The second kappa shape index (κ2) is 29.2. The summed E-state index contributed by atoms with van der Waals surface area (Å²) in [5.74, 6) is -1.38. The number of aromatic nitrogens is 3. The molecule has 3 heterocycles. The van der Waals surface area contributed by atoms with Crippen LogP contribution in [0.25, 0.3) is 0 Å². The Morgan fingerprint density at radius 3 is 0.841 bits per heavy atom. The molecule has 336 valence electrons. The topological polar surface area (TPSA) is 224 Å². The van der Waals surface area contributed by atoms with Gasteiger partial charge >= 0.3 is 36.4 Å². The summed E-state index contributed by atoms with van der Waals surface area (Å²) in [4.78, 5) is 86.3. The molecule has 0 aliphatic rings. The molecule has 18 heteroatoms. The quantitative estimate of drug-likeness (QED) is 0.0310. The first-order chi connectivity index (χ1) is 30.8. The number of rotatable bonds is 27. The standard InChI is InChI=1S/C45H51N3O15/c49-40(55-22-7-1-4-10-25-58-43(52)61-37-16-13-19-46-31-37)34-28-35(41(50)56-23-8-2-5-11-26-59-44(53)62-38-17-14-20-47-32-38)30-36(29-34)42(51)57-24-9-3-6-12-27-60-45(54)63-39-18-15-21-48-33-39/h13-21,28-33H,1-12,22-27H2. The van der Waals surface area contributed by atoms with Crippen molar-refractivity contribution in [1.82, 2.24) is 15.0 Å². The SMILES string of the molecule is O=C(OCCCCCCOC(=O)c1cc(C(=O)OCCCCCCOC(=O)Oc2cccnc2)cc(C(=O)OCCCCCCOC(=O)Oc2cccnc2)c1)Oc1cccnc1. The third-order valence-corrected chi connectivity index (χ3v) is 8.62. The van der Waals surface area contributed by atoms with Crippen LogP contribution in [-0.2, 0) is 28.4 Å². The number of nitrogens with zero attached hydrogens (tertiary/aromatic N) is 3. The smallest absolute Gasteiger partial charge is 0.462 e. The Morgan fingerprint density at radius 2 is 0.603 bits per heavy atom. The fourth-order valence-corrected chi connectivity index (χ4v) is 5.46. The van der Waals surface area contributed by atoms with Crippen LogP contribution in [0.5, 0.6) is 17.2 Å². The normalized spacial score (nSPS) is 10.5. The first-order valence-corrected chi connectivity index (χ1v) is 20.7. The Kier molecular flexibility index (Phi) is 22.5. The Bertz CT molecular complexity index is 1760. The summed E-state index contributed by atoms with van der Waals surface area (Å²) >= 11 is 0. The van der Waals surface area contributed by atoms with Gasteiger partial charge in [0.05, 0.1) is 74.9 Å². The zero-order chi connectivity index (χ0) is 44.7. The molecule has 63 heavy (non-hydrogen) atoms. The number of benzene rings is 1. The predicted molar refractivity (Wildman–Crippen MR) is 221 cm³/mol. The van der Waals surface area contributed by atoms with Crippen molar-refractivity contribution in [2.75, 3.05) is 39.6 Å². The highest BCUT2D eigenvalue weighted by atomic mass is 16.7. The molecule has 0 radical (unpaired) electrons. The fraction of sp³-hybridized carbons (Fsp3) is 0.400. The number of hydrogen-bond acceptors (Lipinski definition) is 18. The van der Waals surface area contributed by atoms with Crippen LogP contribution in [0.2, 0.25) is 0 Å². The number of ether oxygens (including phenoxy) is 9. The van der Waals surface area contributed by atoms with E-state index in [2.05, 4.69) is 15.0 Å². The molecule has 0 spiro atoms. The van der Waals surface area contributed by atoms with Crippen LogP contribution in [0.4, 0.5) is 14.4 Å². The van der Waals surface area contributed by atoms with Gasteiger partial charge in [-0.1, -0.05) is 0 Å². The van der Waals surface area contributed by atoms with Crippen LogP contribution in [0, 0.1) is 0 Å². The van der Waals surface area contributed by atoms with E-state index in [9.17, 15) is 28.8 Å². The maximum Gasteiger partial charge on any atom is 0.513 e. The number of carbonyl (C=O) groups excluding carboxylic acids is 6. The molecule has 0 bridgehead atoms. The Labute approximate surface area is 364 Å². The van der Waals surface area contributed by atoms with E-state index in [1.54, 1.807) is 55.0 Å². The van der Waals surface area contributed by atoms with E-state index in [1.807, 2.05) is 0 Å². The summed E-state index contributed by atoms with van der Waals surface area (Å²) in [5.41, 5.74) is -0.0805. The van der Waals surface area contributed by atoms with Gasteiger partial charge in [-0.15, -0.1) is 0 Å². The zero-order valence-electron chi connectivity index (χ0n) is 34.9. The predicted octanol–water partition coefficient (Wildman–Crippen LogP) is 8.67. The maximum atomic E-state index is 13.1. The van der Waals surface area contributed by atoms with Gasteiger partial charge in [0.1, 0.15) is 0 Å². The Morgan fingerprint density at radius 1 is 0.349 bits per heavy atom. The highest BCUT2D eigenvalue weighted by Gasteiger charge is 2.19. The van der Waals surface area contributed by atoms with Crippen molar-refractivity contribution in [3.05, 3.63) is 108 Å². The van der Waals surface area contributed by atoms with E-state index in [0.717, 1.165) is 0 Å². The van der Waals surface area contributed by atoms with Gasteiger partial charge in [-0.25, -0.2) is 28.8 Å². The second-order valence-corrected chi connectivity index (χ2v) is 13.6. The molecule has 0 atom stereocenters. The molecule has 0 fully saturated rings. The lowest BCUT2D eigenvalue weighted by atomic mass is 10.1. The number of pyridine rings is 3. The van der Waals surface area contributed by atoms with Gasteiger partial charge in [0.15, 0.2) is 17.2 Å². The fourth-order valence-electron chi connectivity index (χ4n) is 5.46. The molecule has 4 rings (SSSR count). The van der Waals surface area contributed by atoms with Crippen molar-refractivity contribution < 1.29 is 71.4 Å². The lowest BCUT2D eigenvalue weighted by Gasteiger charge is -2.11. The molecular weight excluding hydrogens is 823 g/mol. The van der Waals surface area contributed by atoms with Gasteiger partial charge in [0.25, 0.3) is 0 Å². The van der Waals surface area contributed by atoms with Crippen molar-refractivity contribution >= 4 is 36.4 Å². The number of unbranched alkanes of at least 4 members (excludes halogenated alkanes) is 9. The number of hydrogen-bond donors (Lipinski definition) is 0. The molecule has 0 aliphatic heterocycles. The average molecular weight is 874 g/mol. The minimum absolute atomic E-state index is 0.0268. The molecule has 0 unspecified atom stereocenters. The molecule has 18 nitrogen and oxygen atoms in total. The average Bonchev–Trinajstić information content (AvgIpc) is 3.29. The molecule has 0 saturated heterocycles. The Hall–Kier alpha value is -7.11. The number of esters is 3. The minimum atomic E-state index is -0.825. The van der Waals surface area contributed by atoms with Gasteiger partial charge < -0.3 is 42.6 Å². The van der Waals surface area contributed by atoms with Crippen molar-refractivity contribution in [2.24, 2.45) is 0 Å². The van der Waals surface area contributed by atoms with E-state index in [1.165, 1.54) is 36.8 Å². The highest BCUT2D eigenvalue weighted by Crippen LogP contribution is 2.17. The zero-order valence-corrected chi connectivity index (χ0v) is 34.9. The van der Waals surface area contributed by atoms with E-state index in [0.29, 0.717) is 77.0 Å². The first kappa shape index (κ1) is 48.6. The first-order valence-electron chi connectivity index (χ1n) is 20.7. The summed E-state index contributed by atoms with van der Waals surface area (Å²) in [6.45, 7) is 0.688. The largest absolute Gasteiger partial charge is 0.513 e. The van der Waals surface area contributed by atoms with Crippen molar-refractivity contribution in [1.29, 1.82) is 0 Å². The summed E-state index contributed by atoms with van der Waals surface area (Å²) in [6, 6.07) is 13.6. The summed E-state index contributed by atoms with van der Waals surface area (Å²) < 4.78 is 46.6. The second-order valence-electron chi connectivity index (χ2n) is 13.6. The molecule has 4 aromatic rings. The van der Waals surface area contributed by atoms with Crippen LogP contribution in [-0.4, -0.2) is 91.0 Å². The van der Waals surface area contributed by atoms with E-state index in [-0.39, 0.29) is 73.6 Å². The lowest BCUT2D eigenvalue weighted by molar-refractivity contribution is 0.0489. The van der Waals surface area contributed by atoms with Crippen molar-refractivity contribution in [3.8, 4) is 17.2 Å². The minimum Gasteiger partial charge on any atom is -0.462 e. The van der Waals surface area contributed by atoms with Crippen LogP contribution < -0.4 is 14.2 Å². The van der Waals surface area contributed by atoms with Crippen LogP contribution in [0.15, 0.2) is 91.8 Å². The van der Waals surface area contributed by atoms with Gasteiger partial charge in [-0.3, -0.25) is 15.0 Å². The van der Waals surface area contributed by atoms with Crippen molar-refractivity contribution in [2.45, 2.75) is 77.0 Å². The summed E-state index contributed by atoms with van der Waals surface area (Å²) in [5, 5.41) is 0. The van der Waals surface area contributed by atoms with Gasteiger partial charge in [0.2, 0.25) is 0 Å². The van der Waals surface area contributed by atoms with Crippen LogP contribution in [0.3, 0.4) is 0 Å². The van der Waals surface area contributed by atoms with E-state index >= 15 is 0 Å². The van der Waals surface area contributed by atoms with Crippen LogP contribution in [0.1, 0.15) is 108 Å². The van der Waals surface area contributed by atoms with Crippen molar-refractivity contribution in [3.63, 3.8) is 0 Å². The third-order valence-electron chi connectivity index (χ3n) is 8.62. The van der Waals surface area contributed by atoms with Gasteiger partial charge in [-0.05, 0) is 132 Å². The molecule has 0 N–H and O–H groups in total. The summed E-state index contributed by atoms with van der Waals surface area (Å²) in [7, 11) is 0. The molecule has 0 amide bonds. The Balaban J connectivity index is 1.17. The molecule has 3 aromatic heterocycles. The third kappa shape index (κ3) is 20.8. The highest BCUT2D eigenvalue weighted by molar-refractivity contribution is 6.00.